The quantitative estimate of drug-likeness (QED) is 0.615. The van der Waals surface area contributed by atoms with E-state index in [1.807, 2.05) is 37.3 Å². The van der Waals surface area contributed by atoms with Crippen molar-refractivity contribution >= 4 is 17.9 Å². The van der Waals surface area contributed by atoms with Crippen LogP contribution in [0.1, 0.15) is 38.3 Å². The summed E-state index contributed by atoms with van der Waals surface area (Å²) >= 11 is 0. The van der Waals surface area contributed by atoms with Gasteiger partial charge in [-0.05, 0) is 18.8 Å². The highest BCUT2D eigenvalue weighted by atomic mass is 16.5. The van der Waals surface area contributed by atoms with E-state index in [-0.39, 0.29) is 18.4 Å². The summed E-state index contributed by atoms with van der Waals surface area (Å²) < 4.78 is 10.5. The van der Waals surface area contributed by atoms with E-state index in [1.54, 1.807) is 6.07 Å². The van der Waals surface area contributed by atoms with Gasteiger partial charge in [-0.1, -0.05) is 55.3 Å². The number of hydrogen-bond acceptors (Lipinski definition) is 6. The lowest BCUT2D eigenvalue weighted by Gasteiger charge is -2.36. The van der Waals surface area contributed by atoms with Crippen LogP contribution in [-0.2, 0) is 20.9 Å². The molecule has 1 N–H and O–H groups in total. The highest BCUT2D eigenvalue weighted by Gasteiger charge is 2.55. The molecule has 0 bridgehead atoms. The molecule has 2 aliphatic rings. The maximum atomic E-state index is 12.9. The molecule has 3 amide bonds. The monoisotopic (exact) mass is 397 g/mol. The fraction of sp³-hybridized carbons (Fsp3) is 0.429. The number of aromatic nitrogens is 1. The Morgan fingerprint density at radius 1 is 1.31 bits per heavy atom. The zero-order valence-corrected chi connectivity index (χ0v) is 16.2. The van der Waals surface area contributed by atoms with Crippen LogP contribution in [0.2, 0.25) is 0 Å². The minimum absolute atomic E-state index is 0.0419. The second-order valence-corrected chi connectivity index (χ2v) is 7.65. The van der Waals surface area contributed by atoms with Crippen LogP contribution in [0, 0.1) is 5.92 Å². The van der Waals surface area contributed by atoms with Crippen molar-refractivity contribution in [2.75, 3.05) is 6.54 Å². The smallest absolute Gasteiger partial charge is 0.326 e. The predicted molar refractivity (Wildman–Crippen MR) is 102 cm³/mol. The number of ether oxygens (including phenoxy) is 1. The summed E-state index contributed by atoms with van der Waals surface area (Å²) in [7, 11) is 0. The zero-order chi connectivity index (χ0) is 20.4. The van der Waals surface area contributed by atoms with Crippen LogP contribution in [-0.4, -0.2) is 40.0 Å². The van der Waals surface area contributed by atoms with E-state index in [2.05, 4.69) is 10.5 Å². The molecule has 1 aromatic heterocycles. The van der Waals surface area contributed by atoms with Crippen molar-refractivity contribution in [1.29, 1.82) is 0 Å². The molecule has 4 rings (SSSR count). The van der Waals surface area contributed by atoms with Gasteiger partial charge in [-0.3, -0.25) is 14.5 Å². The van der Waals surface area contributed by atoms with Gasteiger partial charge in [-0.25, -0.2) is 4.79 Å². The van der Waals surface area contributed by atoms with Crippen molar-refractivity contribution in [3.8, 4) is 11.3 Å². The largest absolute Gasteiger partial charge is 0.458 e. The van der Waals surface area contributed by atoms with Crippen LogP contribution in [0.25, 0.3) is 11.3 Å². The van der Waals surface area contributed by atoms with Gasteiger partial charge in [0.1, 0.15) is 24.4 Å². The molecule has 1 spiro atoms. The molecule has 2 aromatic rings. The number of esters is 1. The number of nitrogens with one attached hydrogen (secondary N) is 1. The Balaban J connectivity index is 1.35. The maximum Gasteiger partial charge on any atom is 0.326 e. The second kappa shape index (κ2) is 7.69. The minimum atomic E-state index is -0.883. The number of hydrogen-bond donors (Lipinski definition) is 1. The molecule has 1 saturated heterocycles. The Bertz CT molecular complexity index is 925. The van der Waals surface area contributed by atoms with Crippen molar-refractivity contribution in [2.45, 2.75) is 44.8 Å². The second-order valence-electron chi connectivity index (χ2n) is 7.65. The molecule has 2 atom stereocenters. The molecule has 29 heavy (non-hydrogen) atoms. The summed E-state index contributed by atoms with van der Waals surface area (Å²) in [5.41, 5.74) is 0.433. The van der Waals surface area contributed by atoms with Crippen LogP contribution in [0.3, 0.4) is 0 Å². The van der Waals surface area contributed by atoms with Crippen LogP contribution in [0.15, 0.2) is 40.9 Å². The van der Waals surface area contributed by atoms with E-state index in [9.17, 15) is 14.4 Å². The molecule has 2 fully saturated rings. The third-order valence-corrected chi connectivity index (χ3v) is 5.79. The van der Waals surface area contributed by atoms with E-state index >= 15 is 0 Å². The van der Waals surface area contributed by atoms with Crippen LogP contribution in [0.5, 0.6) is 0 Å². The van der Waals surface area contributed by atoms with Crippen molar-refractivity contribution in [3.63, 3.8) is 0 Å². The summed E-state index contributed by atoms with van der Waals surface area (Å²) in [4.78, 5) is 38.4. The molecule has 1 saturated carbocycles. The number of imide groups is 1. The molecule has 1 aromatic carbocycles. The Morgan fingerprint density at radius 3 is 2.86 bits per heavy atom. The summed E-state index contributed by atoms with van der Waals surface area (Å²) in [6.07, 6.45) is 3.40. The standard InChI is InChI=1S/C21H23N3O5/c1-14-7-5-6-10-21(14)19(26)24(20(27)22-21)12-18(25)28-13-16-11-17(29-23-16)15-8-3-2-4-9-15/h2-4,8-9,11,14H,5-7,10,12-13H2,1H3,(H,22,27)/t14-,21-/m0/s1. The van der Waals surface area contributed by atoms with Crippen molar-refractivity contribution in [1.82, 2.24) is 15.4 Å². The first-order valence-corrected chi connectivity index (χ1v) is 9.80. The number of nitrogens with zero attached hydrogens (tertiary/aromatic N) is 2. The van der Waals surface area contributed by atoms with E-state index in [4.69, 9.17) is 9.26 Å². The van der Waals surface area contributed by atoms with Gasteiger partial charge in [-0.2, -0.15) is 0 Å². The Labute approximate surface area is 168 Å². The van der Waals surface area contributed by atoms with E-state index in [0.717, 1.165) is 29.7 Å². The maximum absolute atomic E-state index is 12.9. The number of urea groups is 1. The third kappa shape index (κ3) is 3.62. The number of rotatable bonds is 5. The molecule has 2 heterocycles. The van der Waals surface area contributed by atoms with Crippen LogP contribution in [0.4, 0.5) is 4.79 Å². The lowest BCUT2D eigenvalue weighted by atomic mass is 9.73. The molecular weight excluding hydrogens is 374 g/mol. The van der Waals surface area contributed by atoms with Gasteiger partial charge in [0.2, 0.25) is 0 Å². The molecule has 1 aliphatic carbocycles. The molecule has 152 valence electrons. The minimum Gasteiger partial charge on any atom is -0.458 e. The first-order chi connectivity index (χ1) is 14.0. The molecule has 0 radical (unpaired) electrons. The van der Waals surface area contributed by atoms with Gasteiger partial charge in [0.05, 0.1) is 0 Å². The van der Waals surface area contributed by atoms with Crippen molar-refractivity contribution in [2.24, 2.45) is 5.92 Å². The summed E-state index contributed by atoms with van der Waals surface area (Å²) in [5.74, 6) is -0.392. The molecule has 8 nitrogen and oxygen atoms in total. The van der Waals surface area contributed by atoms with Crippen molar-refractivity contribution < 1.29 is 23.6 Å². The van der Waals surface area contributed by atoms with Crippen molar-refractivity contribution in [3.05, 3.63) is 42.1 Å². The van der Waals surface area contributed by atoms with E-state index in [1.165, 1.54) is 0 Å². The third-order valence-electron chi connectivity index (χ3n) is 5.79. The lowest BCUT2D eigenvalue weighted by Crippen LogP contribution is -2.54. The molecular formula is C21H23N3O5. The average molecular weight is 397 g/mol. The summed E-state index contributed by atoms with van der Waals surface area (Å²) in [6, 6.07) is 10.6. The number of amides is 3. The Morgan fingerprint density at radius 2 is 2.10 bits per heavy atom. The Hall–Kier alpha value is -3.16. The number of carbonyl (C=O) groups is 3. The van der Waals surface area contributed by atoms with E-state index in [0.29, 0.717) is 17.9 Å². The fourth-order valence-corrected chi connectivity index (χ4v) is 4.09. The summed E-state index contributed by atoms with van der Waals surface area (Å²) in [5, 5.41) is 6.71. The van der Waals surface area contributed by atoms with Gasteiger partial charge in [0.15, 0.2) is 5.76 Å². The molecule has 0 unspecified atom stereocenters. The van der Waals surface area contributed by atoms with Crippen LogP contribution >= 0.6 is 0 Å². The van der Waals surface area contributed by atoms with E-state index < -0.39 is 24.1 Å². The average Bonchev–Trinajstić information content (AvgIpc) is 3.29. The molecule has 1 aliphatic heterocycles. The van der Waals surface area contributed by atoms with Gasteiger partial charge >= 0.3 is 12.0 Å². The Kier molecular flexibility index (Phi) is 5.08. The fourth-order valence-electron chi connectivity index (χ4n) is 4.09. The van der Waals surface area contributed by atoms with Crippen LogP contribution < -0.4 is 5.32 Å². The zero-order valence-electron chi connectivity index (χ0n) is 16.2. The lowest BCUT2D eigenvalue weighted by molar-refractivity contribution is -0.149. The SMILES string of the molecule is C[C@H]1CCCC[C@]12NC(=O)N(CC(=O)OCc1cc(-c3ccccc3)on1)C2=O. The number of benzene rings is 1. The topological polar surface area (TPSA) is 102 Å². The normalized spacial score (nSPS) is 24.0. The first kappa shape index (κ1) is 19.2. The highest BCUT2D eigenvalue weighted by molar-refractivity contribution is 6.08. The number of carbonyl (C=O) groups excluding carboxylic acids is 3. The summed E-state index contributed by atoms with van der Waals surface area (Å²) in [6.45, 7) is 1.46. The van der Waals surface area contributed by atoms with Gasteiger partial charge < -0.3 is 14.6 Å². The molecule has 8 heteroatoms. The van der Waals surface area contributed by atoms with Gasteiger partial charge in [0, 0.05) is 11.6 Å². The predicted octanol–water partition coefficient (Wildman–Crippen LogP) is 2.89. The first-order valence-electron chi connectivity index (χ1n) is 9.80. The van der Waals surface area contributed by atoms with Gasteiger partial charge in [-0.15, -0.1) is 0 Å². The highest BCUT2D eigenvalue weighted by Crippen LogP contribution is 2.38. The van der Waals surface area contributed by atoms with Gasteiger partial charge in [0.25, 0.3) is 5.91 Å².